The fourth-order valence-corrected chi connectivity index (χ4v) is 1.90. The second kappa shape index (κ2) is 5.94. The smallest absolute Gasteiger partial charge is 0.261 e. The van der Waals surface area contributed by atoms with Crippen molar-refractivity contribution < 1.29 is 4.52 Å². The predicted octanol–water partition coefficient (Wildman–Crippen LogP) is 1.11. The molecule has 0 radical (unpaired) electrons. The lowest BCUT2D eigenvalue weighted by Crippen LogP contribution is -2.32. The number of rotatable bonds is 6. The molecule has 2 aromatic heterocycles. The zero-order chi connectivity index (χ0) is 13.8. The van der Waals surface area contributed by atoms with Crippen LogP contribution < -0.4 is 5.73 Å². The normalized spacial score (nSPS) is 13.1. The summed E-state index contributed by atoms with van der Waals surface area (Å²) in [4.78, 5) is 6.57. The van der Waals surface area contributed by atoms with Gasteiger partial charge in [-0.05, 0) is 20.0 Å². The third-order valence-electron chi connectivity index (χ3n) is 3.18. The number of nitrogens with zero attached hydrogens (tertiary/aromatic N) is 4. The number of aryl methyl sites for hydroxylation is 1. The van der Waals surface area contributed by atoms with Crippen molar-refractivity contribution in [2.75, 3.05) is 19.6 Å². The molecule has 2 heterocycles. The Balaban J connectivity index is 2.11. The maximum Gasteiger partial charge on any atom is 0.261 e. The Labute approximate surface area is 112 Å². The zero-order valence-electron chi connectivity index (χ0n) is 11.6. The SMILES string of the molecule is CCN(CC)CC(N)c1noc(-c2cn[nH]c2C)n1. The highest BCUT2D eigenvalue weighted by Gasteiger charge is 2.18. The third kappa shape index (κ3) is 2.99. The molecule has 0 fully saturated rings. The van der Waals surface area contributed by atoms with Crippen molar-refractivity contribution in [2.24, 2.45) is 5.73 Å². The molecule has 0 amide bonds. The van der Waals surface area contributed by atoms with Gasteiger partial charge in [-0.1, -0.05) is 19.0 Å². The van der Waals surface area contributed by atoms with Crippen LogP contribution in [0.25, 0.3) is 11.5 Å². The number of hydrogen-bond acceptors (Lipinski definition) is 6. The van der Waals surface area contributed by atoms with Crippen LogP contribution in [-0.4, -0.2) is 44.9 Å². The van der Waals surface area contributed by atoms with E-state index in [1.54, 1.807) is 6.20 Å². The predicted molar refractivity (Wildman–Crippen MR) is 71.3 cm³/mol. The van der Waals surface area contributed by atoms with Crippen LogP contribution in [0, 0.1) is 6.92 Å². The Morgan fingerprint density at radius 2 is 2.16 bits per heavy atom. The second-order valence-corrected chi connectivity index (χ2v) is 4.46. The van der Waals surface area contributed by atoms with E-state index in [-0.39, 0.29) is 6.04 Å². The van der Waals surface area contributed by atoms with E-state index in [1.165, 1.54) is 0 Å². The van der Waals surface area contributed by atoms with E-state index >= 15 is 0 Å². The molecule has 3 N–H and O–H groups in total. The summed E-state index contributed by atoms with van der Waals surface area (Å²) >= 11 is 0. The number of aromatic nitrogens is 4. The van der Waals surface area contributed by atoms with Gasteiger partial charge in [0.05, 0.1) is 17.8 Å². The number of likely N-dealkylation sites (N-methyl/N-ethyl adjacent to an activating group) is 1. The van der Waals surface area contributed by atoms with Crippen LogP contribution in [0.5, 0.6) is 0 Å². The van der Waals surface area contributed by atoms with Gasteiger partial charge >= 0.3 is 0 Å². The molecule has 1 unspecified atom stereocenters. The summed E-state index contributed by atoms with van der Waals surface area (Å²) in [5.74, 6) is 0.985. The largest absolute Gasteiger partial charge is 0.334 e. The van der Waals surface area contributed by atoms with Crippen molar-refractivity contribution in [1.29, 1.82) is 0 Å². The van der Waals surface area contributed by atoms with Crippen LogP contribution in [0.2, 0.25) is 0 Å². The van der Waals surface area contributed by atoms with Gasteiger partial charge in [0.2, 0.25) is 0 Å². The lowest BCUT2D eigenvalue weighted by atomic mass is 10.2. The number of nitrogens with one attached hydrogen (secondary N) is 1. The Hall–Kier alpha value is -1.73. The molecule has 0 saturated heterocycles. The molecule has 0 aliphatic carbocycles. The summed E-state index contributed by atoms with van der Waals surface area (Å²) < 4.78 is 5.24. The highest BCUT2D eigenvalue weighted by atomic mass is 16.5. The lowest BCUT2D eigenvalue weighted by molar-refractivity contribution is 0.278. The summed E-state index contributed by atoms with van der Waals surface area (Å²) in [7, 11) is 0. The molecule has 0 saturated carbocycles. The summed E-state index contributed by atoms with van der Waals surface area (Å²) in [5, 5.41) is 10.7. The molecule has 104 valence electrons. The molecule has 0 aliphatic rings. The first-order chi connectivity index (χ1) is 9.15. The maximum atomic E-state index is 6.10. The average Bonchev–Trinajstić information content (AvgIpc) is 3.03. The molecular weight excluding hydrogens is 244 g/mol. The standard InChI is InChI=1S/C12H20N6O/c1-4-18(5-2)7-10(13)11-15-12(19-17-11)9-6-14-16-8(9)3/h6,10H,4-5,7,13H2,1-3H3,(H,14,16). The van der Waals surface area contributed by atoms with Crippen molar-refractivity contribution in [3.05, 3.63) is 17.7 Å². The molecule has 2 aromatic rings. The van der Waals surface area contributed by atoms with Gasteiger partial charge in [-0.3, -0.25) is 5.10 Å². The Bertz CT molecular complexity index is 516. The highest BCUT2D eigenvalue weighted by molar-refractivity contribution is 5.54. The minimum atomic E-state index is -0.246. The molecule has 7 heteroatoms. The van der Waals surface area contributed by atoms with Gasteiger partial charge in [0.25, 0.3) is 5.89 Å². The quantitative estimate of drug-likeness (QED) is 0.811. The van der Waals surface area contributed by atoms with Crippen LogP contribution in [0.1, 0.15) is 31.4 Å². The van der Waals surface area contributed by atoms with Gasteiger partial charge in [0.15, 0.2) is 5.82 Å². The molecular formula is C12H20N6O. The van der Waals surface area contributed by atoms with E-state index in [0.717, 1.165) is 30.9 Å². The zero-order valence-corrected chi connectivity index (χ0v) is 11.6. The van der Waals surface area contributed by atoms with Crippen molar-refractivity contribution in [1.82, 2.24) is 25.2 Å². The van der Waals surface area contributed by atoms with Gasteiger partial charge in [0, 0.05) is 12.2 Å². The Morgan fingerprint density at radius 3 is 2.74 bits per heavy atom. The fraction of sp³-hybridized carbons (Fsp3) is 0.583. The minimum absolute atomic E-state index is 0.246. The van der Waals surface area contributed by atoms with E-state index in [4.69, 9.17) is 10.3 Å². The highest BCUT2D eigenvalue weighted by Crippen LogP contribution is 2.20. The molecule has 0 bridgehead atoms. The number of hydrogen-bond donors (Lipinski definition) is 2. The molecule has 7 nitrogen and oxygen atoms in total. The van der Waals surface area contributed by atoms with Crippen LogP contribution in [0.15, 0.2) is 10.7 Å². The van der Waals surface area contributed by atoms with E-state index in [1.807, 2.05) is 6.92 Å². The van der Waals surface area contributed by atoms with Gasteiger partial charge in [-0.25, -0.2) is 0 Å². The van der Waals surface area contributed by atoms with Crippen LogP contribution in [-0.2, 0) is 0 Å². The van der Waals surface area contributed by atoms with E-state index in [2.05, 4.69) is 39.1 Å². The Kier molecular flexibility index (Phi) is 4.28. The maximum absolute atomic E-state index is 6.10. The monoisotopic (exact) mass is 264 g/mol. The van der Waals surface area contributed by atoms with Crippen molar-refractivity contribution >= 4 is 0 Å². The first-order valence-electron chi connectivity index (χ1n) is 6.47. The second-order valence-electron chi connectivity index (χ2n) is 4.46. The van der Waals surface area contributed by atoms with Gasteiger partial charge < -0.3 is 15.2 Å². The molecule has 2 rings (SSSR count). The summed E-state index contributed by atoms with van der Waals surface area (Å²) in [6.07, 6.45) is 1.67. The minimum Gasteiger partial charge on any atom is -0.334 e. The third-order valence-corrected chi connectivity index (χ3v) is 3.18. The lowest BCUT2D eigenvalue weighted by Gasteiger charge is -2.20. The Morgan fingerprint density at radius 1 is 1.42 bits per heavy atom. The summed E-state index contributed by atoms with van der Waals surface area (Å²) in [6, 6.07) is -0.246. The topological polar surface area (TPSA) is 96.9 Å². The van der Waals surface area contributed by atoms with Crippen molar-refractivity contribution in [3.8, 4) is 11.5 Å². The average molecular weight is 264 g/mol. The van der Waals surface area contributed by atoms with Crippen LogP contribution in [0.4, 0.5) is 0 Å². The molecule has 19 heavy (non-hydrogen) atoms. The molecule has 1 atom stereocenters. The van der Waals surface area contributed by atoms with E-state index < -0.39 is 0 Å². The first-order valence-corrected chi connectivity index (χ1v) is 6.47. The van der Waals surface area contributed by atoms with Crippen molar-refractivity contribution in [2.45, 2.75) is 26.8 Å². The van der Waals surface area contributed by atoms with Gasteiger partial charge in [0.1, 0.15) is 0 Å². The number of aromatic amines is 1. The van der Waals surface area contributed by atoms with Crippen LogP contribution >= 0.6 is 0 Å². The summed E-state index contributed by atoms with van der Waals surface area (Å²) in [6.45, 7) is 8.74. The molecule has 0 aliphatic heterocycles. The van der Waals surface area contributed by atoms with Gasteiger partial charge in [-0.2, -0.15) is 10.1 Å². The first kappa shape index (κ1) is 13.7. The van der Waals surface area contributed by atoms with E-state index in [9.17, 15) is 0 Å². The molecule has 0 spiro atoms. The van der Waals surface area contributed by atoms with Gasteiger partial charge in [-0.15, -0.1) is 0 Å². The fourth-order valence-electron chi connectivity index (χ4n) is 1.90. The van der Waals surface area contributed by atoms with Crippen LogP contribution in [0.3, 0.4) is 0 Å². The number of H-pyrrole nitrogens is 1. The molecule has 0 aromatic carbocycles. The number of nitrogens with two attached hydrogens (primary N) is 1. The van der Waals surface area contributed by atoms with Crippen molar-refractivity contribution in [3.63, 3.8) is 0 Å². The van der Waals surface area contributed by atoms with E-state index in [0.29, 0.717) is 11.7 Å². The summed E-state index contributed by atoms with van der Waals surface area (Å²) in [5.41, 5.74) is 7.81.